The van der Waals surface area contributed by atoms with Gasteiger partial charge in [-0.2, -0.15) is 0 Å². The third kappa shape index (κ3) is 3.03. The van der Waals surface area contributed by atoms with Gasteiger partial charge < -0.3 is 14.8 Å². The minimum Gasteiger partial charge on any atom is -0.489 e. The number of rotatable bonds is 5. The van der Waals surface area contributed by atoms with Crippen molar-refractivity contribution in [3.8, 4) is 11.5 Å². The van der Waals surface area contributed by atoms with E-state index in [0.717, 1.165) is 17.9 Å². The average Bonchev–Trinajstić information content (AvgIpc) is 2.95. The summed E-state index contributed by atoms with van der Waals surface area (Å²) in [4.78, 5) is 0. The molecule has 0 aliphatic carbocycles. The highest BCUT2D eigenvalue weighted by molar-refractivity contribution is 5.38. The normalized spacial score (nSPS) is 17.9. The molecule has 1 heterocycles. The summed E-state index contributed by atoms with van der Waals surface area (Å²) in [6.07, 6.45) is 1.01. The second-order valence-corrected chi connectivity index (χ2v) is 5.41. The van der Waals surface area contributed by atoms with Crippen molar-refractivity contribution in [2.75, 3.05) is 13.7 Å². The molecule has 1 aliphatic heterocycles. The Balaban J connectivity index is 1.65. The van der Waals surface area contributed by atoms with Crippen molar-refractivity contribution in [2.24, 2.45) is 0 Å². The quantitative estimate of drug-likeness (QED) is 0.913. The van der Waals surface area contributed by atoms with Crippen LogP contribution >= 0.6 is 0 Å². The van der Waals surface area contributed by atoms with Gasteiger partial charge in [-0.05, 0) is 31.7 Å². The molecule has 1 N–H and O–H groups in total. The Morgan fingerprint density at radius 2 is 1.95 bits per heavy atom. The van der Waals surface area contributed by atoms with Gasteiger partial charge in [-0.25, -0.2) is 0 Å². The standard InChI is InChI=1S/C18H21NO2/c1-13(19-2)16-8-4-6-10-18(16)20-12-15-11-14-7-3-5-9-17(14)21-15/h3-10,13,15,19H,11-12H2,1-2H3. The molecule has 0 amide bonds. The first kappa shape index (κ1) is 14.0. The molecule has 3 rings (SSSR count). The van der Waals surface area contributed by atoms with Crippen LogP contribution in [0.1, 0.15) is 24.1 Å². The summed E-state index contributed by atoms with van der Waals surface area (Å²) in [6.45, 7) is 2.70. The SMILES string of the molecule is CNC(C)c1ccccc1OCC1Cc2ccccc2O1. The van der Waals surface area contributed by atoms with E-state index in [9.17, 15) is 0 Å². The second-order valence-electron chi connectivity index (χ2n) is 5.41. The smallest absolute Gasteiger partial charge is 0.137 e. The first-order valence-corrected chi connectivity index (χ1v) is 7.41. The van der Waals surface area contributed by atoms with Gasteiger partial charge in [0, 0.05) is 18.0 Å². The number of ether oxygens (including phenoxy) is 2. The first-order valence-electron chi connectivity index (χ1n) is 7.41. The Hall–Kier alpha value is -2.00. The molecule has 2 unspecified atom stereocenters. The molecule has 21 heavy (non-hydrogen) atoms. The first-order chi connectivity index (χ1) is 10.3. The van der Waals surface area contributed by atoms with E-state index in [1.165, 1.54) is 11.1 Å². The van der Waals surface area contributed by atoms with Gasteiger partial charge in [0.25, 0.3) is 0 Å². The zero-order valence-corrected chi connectivity index (χ0v) is 12.5. The minimum atomic E-state index is 0.0975. The van der Waals surface area contributed by atoms with Crippen LogP contribution in [0.5, 0.6) is 11.5 Å². The summed E-state index contributed by atoms with van der Waals surface area (Å²) in [5.74, 6) is 1.92. The monoisotopic (exact) mass is 283 g/mol. The van der Waals surface area contributed by atoms with Gasteiger partial charge in [-0.1, -0.05) is 36.4 Å². The maximum absolute atomic E-state index is 6.01. The number of benzene rings is 2. The lowest BCUT2D eigenvalue weighted by atomic mass is 10.1. The highest BCUT2D eigenvalue weighted by atomic mass is 16.5. The second kappa shape index (κ2) is 6.19. The molecule has 3 nitrogen and oxygen atoms in total. The van der Waals surface area contributed by atoms with Crippen molar-refractivity contribution < 1.29 is 9.47 Å². The van der Waals surface area contributed by atoms with Crippen LogP contribution in [0, 0.1) is 0 Å². The Labute approximate surface area is 125 Å². The van der Waals surface area contributed by atoms with E-state index in [-0.39, 0.29) is 12.1 Å². The van der Waals surface area contributed by atoms with Crippen LogP contribution in [-0.4, -0.2) is 19.8 Å². The van der Waals surface area contributed by atoms with Crippen molar-refractivity contribution in [1.82, 2.24) is 5.32 Å². The Kier molecular flexibility index (Phi) is 4.11. The molecule has 110 valence electrons. The van der Waals surface area contributed by atoms with Gasteiger partial charge in [-0.3, -0.25) is 0 Å². The third-order valence-corrected chi connectivity index (χ3v) is 3.96. The summed E-state index contributed by atoms with van der Waals surface area (Å²) in [6, 6.07) is 16.6. The molecule has 0 fully saturated rings. The fourth-order valence-electron chi connectivity index (χ4n) is 2.65. The van der Waals surface area contributed by atoms with Crippen LogP contribution < -0.4 is 14.8 Å². The van der Waals surface area contributed by atoms with E-state index in [0.29, 0.717) is 6.61 Å². The molecule has 2 aromatic rings. The molecule has 0 radical (unpaired) electrons. The lowest BCUT2D eigenvalue weighted by Crippen LogP contribution is -2.23. The average molecular weight is 283 g/mol. The van der Waals surface area contributed by atoms with Gasteiger partial charge in [0.1, 0.15) is 24.2 Å². The molecular formula is C18H21NO2. The van der Waals surface area contributed by atoms with Crippen LogP contribution in [-0.2, 0) is 6.42 Å². The Morgan fingerprint density at radius 1 is 1.19 bits per heavy atom. The lowest BCUT2D eigenvalue weighted by molar-refractivity contribution is 0.147. The molecule has 0 saturated heterocycles. The molecule has 2 atom stereocenters. The molecule has 2 aromatic carbocycles. The van der Waals surface area contributed by atoms with Crippen LogP contribution in [0.25, 0.3) is 0 Å². The largest absolute Gasteiger partial charge is 0.489 e. The van der Waals surface area contributed by atoms with E-state index in [2.05, 4.69) is 30.4 Å². The zero-order valence-electron chi connectivity index (χ0n) is 12.5. The molecular weight excluding hydrogens is 262 g/mol. The highest BCUT2D eigenvalue weighted by Gasteiger charge is 2.23. The van der Waals surface area contributed by atoms with Crippen LogP contribution in [0.2, 0.25) is 0 Å². The van der Waals surface area contributed by atoms with Crippen molar-refractivity contribution in [3.05, 3.63) is 59.7 Å². The molecule has 3 heteroatoms. The van der Waals surface area contributed by atoms with E-state index in [4.69, 9.17) is 9.47 Å². The van der Waals surface area contributed by atoms with E-state index in [1.807, 2.05) is 37.4 Å². The molecule has 0 bridgehead atoms. The maximum Gasteiger partial charge on any atom is 0.137 e. The summed E-state index contributed by atoms with van der Waals surface area (Å²) >= 11 is 0. The summed E-state index contributed by atoms with van der Waals surface area (Å²) < 4.78 is 11.9. The fraction of sp³-hybridized carbons (Fsp3) is 0.333. The van der Waals surface area contributed by atoms with Gasteiger partial charge >= 0.3 is 0 Å². The fourth-order valence-corrected chi connectivity index (χ4v) is 2.65. The summed E-state index contributed by atoms with van der Waals surface area (Å²) in [5.41, 5.74) is 2.44. The van der Waals surface area contributed by atoms with Gasteiger partial charge in [0.15, 0.2) is 0 Å². The number of hydrogen-bond donors (Lipinski definition) is 1. The number of hydrogen-bond acceptors (Lipinski definition) is 3. The number of para-hydroxylation sites is 2. The van der Waals surface area contributed by atoms with E-state index >= 15 is 0 Å². The van der Waals surface area contributed by atoms with Crippen molar-refractivity contribution in [1.29, 1.82) is 0 Å². The van der Waals surface area contributed by atoms with Crippen LogP contribution in [0.4, 0.5) is 0 Å². The Bertz CT molecular complexity index is 587. The van der Waals surface area contributed by atoms with Crippen LogP contribution in [0.15, 0.2) is 48.5 Å². The molecule has 0 saturated carbocycles. The predicted molar refractivity (Wildman–Crippen MR) is 84.0 cm³/mol. The van der Waals surface area contributed by atoms with Crippen molar-refractivity contribution in [2.45, 2.75) is 25.5 Å². The van der Waals surface area contributed by atoms with Crippen LogP contribution in [0.3, 0.4) is 0 Å². The number of fused-ring (bicyclic) bond motifs is 1. The van der Waals surface area contributed by atoms with E-state index < -0.39 is 0 Å². The molecule has 0 spiro atoms. The third-order valence-electron chi connectivity index (χ3n) is 3.96. The molecule has 0 aromatic heterocycles. The van der Waals surface area contributed by atoms with Gasteiger partial charge in [0.05, 0.1) is 0 Å². The van der Waals surface area contributed by atoms with Gasteiger partial charge in [0.2, 0.25) is 0 Å². The maximum atomic E-state index is 6.01. The highest BCUT2D eigenvalue weighted by Crippen LogP contribution is 2.29. The van der Waals surface area contributed by atoms with Crippen molar-refractivity contribution >= 4 is 0 Å². The lowest BCUT2D eigenvalue weighted by Gasteiger charge is -2.18. The van der Waals surface area contributed by atoms with Crippen molar-refractivity contribution in [3.63, 3.8) is 0 Å². The Morgan fingerprint density at radius 3 is 2.76 bits per heavy atom. The van der Waals surface area contributed by atoms with Gasteiger partial charge in [-0.15, -0.1) is 0 Å². The minimum absolute atomic E-state index is 0.0975. The van der Waals surface area contributed by atoms with E-state index in [1.54, 1.807) is 0 Å². The summed E-state index contributed by atoms with van der Waals surface area (Å²) in [5, 5.41) is 3.25. The summed E-state index contributed by atoms with van der Waals surface area (Å²) in [7, 11) is 1.96. The zero-order chi connectivity index (χ0) is 14.7. The predicted octanol–water partition coefficient (Wildman–Crippen LogP) is 3.35. The number of nitrogens with one attached hydrogen (secondary N) is 1. The molecule has 1 aliphatic rings. The topological polar surface area (TPSA) is 30.5 Å².